The molecule has 1 aliphatic heterocycles. The Balaban J connectivity index is 1.78. The van der Waals surface area contributed by atoms with Crippen molar-refractivity contribution in [3.63, 3.8) is 0 Å². The van der Waals surface area contributed by atoms with E-state index >= 15 is 0 Å². The molecule has 0 saturated carbocycles. The summed E-state index contributed by atoms with van der Waals surface area (Å²) in [7, 11) is 0. The van der Waals surface area contributed by atoms with Crippen LogP contribution in [0.25, 0.3) is 0 Å². The summed E-state index contributed by atoms with van der Waals surface area (Å²) < 4.78 is 5.47. The van der Waals surface area contributed by atoms with Crippen LogP contribution < -0.4 is 4.74 Å². The minimum atomic E-state index is -0.557. The molecule has 1 heterocycles. The maximum Gasteiger partial charge on any atom is 0.122 e. The first-order valence-corrected chi connectivity index (χ1v) is 7.26. The van der Waals surface area contributed by atoms with Gasteiger partial charge in [0.25, 0.3) is 0 Å². The smallest absolute Gasteiger partial charge is 0.122 e. The second-order valence-electron chi connectivity index (χ2n) is 4.93. The number of rotatable bonds is 3. The van der Waals surface area contributed by atoms with Crippen LogP contribution >= 0.6 is 23.2 Å². The zero-order valence-corrected chi connectivity index (χ0v) is 12.3. The summed E-state index contributed by atoms with van der Waals surface area (Å²) in [5.74, 6) is 0.926. The minimum Gasteiger partial charge on any atom is -0.493 e. The SMILES string of the molecule is OC(Cc1ccc(Cl)c(Cl)c1)c1ccc2c(c1)CCO2. The van der Waals surface area contributed by atoms with Crippen LogP contribution in [0.3, 0.4) is 0 Å². The molecular weight excluding hydrogens is 295 g/mol. The molecule has 0 fully saturated rings. The van der Waals surface area contributed by atoms with Crippen molar-refractivity contribution in [1.82, 2.24) is 0 Å². The van der Waals surface area contributed by atoms with Crippen LogP contribution in [0.15, 0.2) is 36.4 Å². The first kappa shape index (κ1) is 13.7. The fourth-order valence-electron chi connectivity index (χ4n) is 2.42. The van der Waals surface area contributed by atoms with Crippen LogP contribution in [0.2, 0.25) is 10.0 Å². The molecule has 0 amide bonds. The molecule has 0 radical (unpaired) electrons. The van der Waals surface area contributed by atoms with E-state index in [-0.39, 0.29) is 0 Å². The van der Waals surface area contributed by atoms with Crippen molar-refractivity contribution in [2.24, 2.45) is 0 Å². The number of aliphatic hydroxyl groups excluding tert-OH is 1. The van der Waals surface area contributed by atoms with E-state index in [9.17, 15) is 5.11 Å². The lowest BCUT2D eigenvalue weighted by molar-refractivity contribution is 0.178. The molecule has 20 heavy (non-hydrogen) atoms. The predicted molar refractivity (Wildman–Crippen MR) is 80.8 cm³/mol. The molecule has 0 bridgehead atoms. The quantitative estimate of drug-likeness (QED) is 0.920. The van der Waals surface area contributed by atoms with Gasteiger partial charge < -0.3 is 9.84 Å². The van der Waals surface area contributed by atoms with Gasteiger partial charge in [-0.05, 0) is 41.0 Å². The highest BCUT2D eigenvalue weighted by Crippen LogP contribution is 2.30. The van der Waals surface area contributed by atoms with Gasteiger partial charge in [0.1, 0.15) is 5.75 Å². The van der Waals surface area contributed by atoms with Gasteiger partial charge in [-0.2, -0.15) is 0 Å². The number of halogens is 2. The van der Waals surface area contributed by atoms with E-state index in [2.05, 4.69) is 0 Å². The van der Waals surface area contributed by atoms with Crippen molar-refractivity contribution >= 4 is 23.2 Å². The zero-order chi connectivity index (χ0) is 14.1. The van der Waals surface area contributed by atoms with E-state index in [1.165, 1.54) is 0 Å². The van der Waals surface area contributed by atoms with Crippen LogP contribution in [0, 0.1) is 0 Å². The Morgan fingerprint density at radius 3 is 2.75 bits per heavy atom. The zero-order valence-electron chi connectivity index (χ0n) is 10.8. The first-order valence-electron chi connectivity index (χ1n) is 6.51. The number of hydrogen-bond acceptors (Lipinski definition) is 2. The Hall–Kier alpha value is -1.22. The van der Waals surface area contributed by atoms with E-state index in [4.69, 9.17) is 27.9 Å². The topological polar surface area (TPSA) is 29.5 Å². The lowest BCUT2D eigenvalue weighted by atomic mass is 9.99. The minimum absolute atomic E-state index is 0.510. The van der Waals surface area contributed by atoms with Gasteiger partial charge in [0.15, 0.2) is 0 Å². The van der Waals surface area contributed by atoms with E-state index in [1.54, 1.807) is 12.1 Å². The van der Waals surface area contributed by atoms with Crippen molar-refractivity contribution in [1.29, 1.82) is 0 Å². The van der Waals surface area contributed by atoms with Gasteiger partial charge in [-0.25, -0.2) is 0 Å². The molecule has 4 heteroatoms. The normalized spacial score (nSPS) is 14.8. The van der Waals surface area contributed by atoms with Gasteiger partial charge in [0.05, 0.1) is 22.8 Å². The summed E-state index contributed by atoms with van der Waals surface area (Å²) in [6, 6.07) is 11.3. The number of ether oxygens (including phenoxy) is 1. The third-order valence-electron chi connectivity index (χ3n) is 3.51. The predicted octanol–water partition coefficient (Wildman–Crippen LogP) is 4.20. The Bertz CT molecular complexity index is 640. The highest BCUT2D eigenvalue weighted by molar-refractivity contribution is 6.42. The standard InChI is InChI=1S/C16H14Cl2O2/c17-13-3-1-10(7-14(13)18)8-15(19)11-2-4-16-12(9-11)5-6-20-16/h1-4,7,9,15,19H,5-6,8H2. The van der Waals surface area contributed by atoms with Crippen LogP contribution in [0.5, 0.6) is 5.75 Å². The monoisotopic (exact) mass is 308 g/mol. The third-order valence-corrected chi connectivity index (χ3v) is 4.25. The van der Waals surface area contributed by atoms with E-state index in [0.717, 1.165) is 35.5 Å². The average molecular weight is 309 g/mol. The van der Waals surface area contributed by atoms with E-state index < -0.39 is 6.10 Å². The van der Waals surface area contributed by atoms with Crippen molar-refractivity contribution in [3.8, 4) is 5.75 Å². The lowest BCUT2D eigenvalue weighted by Crippen LogP contribution is -2.02. The van der Waals surface area contributed by atoms with Crippen LogP contribution in [-0.4, -0.2) is 11.7 Å². The van der Waals surface area contributed by atoms with Gasteiger partial charge in [-0.3, -0.25) is 0 Å². The second kappa shape index (κ2) is 5.65. The van der Waals surface area contributed by atoms with Gasteiger partial charge in [0.2, 0.25) is 0 Å². The number of aliphatic hydroxyl groups is 1. The average Bonchev–Trinajstić information content (AvgIpc) is 2.90. The maximum atomic E-state index is 10.3. The van der Waals surface area contributed by atoms with Crippen LogP contribution in [0.1, 0.15) is 22.8 Å². The molecule has 0 aliphatic carbocycles. The Kier molecular flexibility index (Phi) is 3.88. The second-order valence-corrected chi connectivity index (χ2v) is 5.75. The summed E-state index contributed by atoms with van der Waals surface area (Å²) in [4.78, 5) is 0. The largest absolute Gasteiger partial charge is 0.493 e. The molecule has 2 aromatic rings. The third kappa shape index (κ3) is 2.78. The molecule has 0 spiro atoms. The van der Waals surface area contributed by atoms with Gasteiger partial charge in [0, 0.05) is 12.8 Å². The van der Waals surface area contributed by atoms with Crippen molar-refractivity contribution in [3.05, 3.63) is 63.1 Å². The van der Waals surface area contributed by atoms with E-state index in [0.29, 0.717) is 16.5 Å². The van der Waals surface area contributed by atoms with Crippen molar-refractivity contribution < 1.29 is 9.84 Å². The van der Waals surface area contributed by atoms with Crippen molar-refractivity contribution in [2.45, 2.75) is 18.9 Å². The summed E-state index contributed by atoms with van der Waals surface area (Å²) >= 11 is 11.9. The Morgan fingerprint density at radius 1 is 1.10 bits per heavy atom. The molecule has 2 nitrogen and oxygen atoms in total. The highest BCUT2D eigenvalue weighted by atomic mass is 35.5. The molecular formula is C16H14Cl2O2. The molecule has 1 unspecified atom stereocenters. The van der Waals surface area contributed by atoms with Crippen LogP contribution in [0.4, 0.5) is 0 Å². The summed E-state index contributed by atoms with van der Waals surface area (Å²) in [6.07, 6.45) is 0.859. The number of fused-ring (bicyclic) bond motifs is 1. The molecule has 104 valence electrons. The fourth-order valence-corrected chi connectivity index (χ4v) is 2.74. The molecule has 1 atom stereocenters. The van der Waals surface area contributed by atoms with E-state index in [1.807, 2.05) is 24.3 Å². The van der Waals surface area contributed by atoms with Gasteiger partial charge >= 0.3 is 0 Å². The first-order chi connectivity index (χ1) is 9.63. The van der Waals surface area contributed by atoms with Gasteiger partial charge in [-0.15, -0.1) is 0 Å². The Labute approximate surface area is 127 Å². The van der Waals surface area contributed by atoms with Crippen molar-refractivity contribution in [2.75, 3.05) is 6.61 Å². The molecule has 2 aromatic carbocycles. The summed E-state index contributed by atoms with van der Waals surface area (Å²) in [6.45, 7) is 0.724. The van der Waals surface area contributed by atoms with Gasteiger partial charge in [-0.1, -0.05) is 35.3 Å². The maximum absolute atomic E-state index is 10.3. The van der Waals surface area contributed by atoms with Crippen LogP contribution in [-0.2, 0) is 12.8 Å². The lowest BCUT2D eigenvalue weighted by Gasteiger charge is -2.13. The highest BCUT2D eigenvalue weighted by Gasteiger charge is 2.16. The number of benzene rings is 2. The Morgan fingerprint density at radius 2 is 1.95 bits per heavy atom. The molecule has 0 aromatic heterocycles. The fraction of sp³-hybridized carbons (Fsp3) is 0.250. The molecule has 1 N–H and O–H groups in total. The number of hydrogen-bond donors (Lipinski definition) is 1. The summed E-state index contributed by atoms with van der Waals surface area (Å²) in [5, 5.41) is 11.4. The summed E-state index contributed by atoms with van der Waals surface area (Å²) in [5.41, 5.74) is 3.03. The molecule has 0 saturated heterocycles. The molecule has 1 aliphatic rings. The molecule has 3 rings (SSSR count).